The monoisotopic (exact) mass is 401 g/mol. The summed E-state index contributed by atoms with van der Waals surface area (Å²) in [7, 11) is 0. The minimum Gasteiger partial charge on any atom is -0.489 e. The summed E-state index contributed by atoms with van der Waals surface area (Å²) in [6.45, 7) is 0. The minimum absolute atomic E-state index is 0.0382. The van der Waals surface area contributed by atoms with Crippen LogP contribution in [0.3, 0.4) is 0 Å². The standard InChI is InChI=1S/C22H16Cl3O/c23-16-12-19(24)21(20(25)13-16)18-8-4-7-15-11-17(26-22(15)18)10-9-14-5-2-1-3-6-14/h1-8,10,12-13,17H,9,11H2. The van der Waals surface area contributed by atoms with Gasteiger partial charge in [0.05, 0.1) is 10.0 Å². The van der Waals surface area contributed by atoms with Crippen molar-refractivity contribution in [2.24, 2.45) is 0 Å². The van der Waals surface area contributed by atoms with E-state index in [1.54, 1.807) is 12.1 Å². The molecule has 0 aromatic heterocycles. The van der Waals surface area contributed by atoms with Gasteiger partial charge >= 0.3 is 0 Å². The fraction of sp³-hybridized carbons (Fsp3) is 0.136. The summed E-state index contributed by atoms with van der Waals surface area (Å²) in [5.41, 5.74) is 4.11. The molecule has 1 unspecified atom stereocenters. The summed E-state index contributed by atoms with van der Waals surface area (Å²) in [6, 6.07) is 19.9. The molecule has 4 heteroatoms. The molecule has 1 aliphatic rings. The Kier molecular flexibility index (Phi) is 5.13. The summed E-state index contributed by atoms with van der Waals surface area (Å²) in [6.07, 6.45) is 3.97. The maximum atomic E-state index is 6.42. The Morgan fingerprint density at radius 1 is 0.923 bits per heavy atom. The van der Waals surface area contributed by atoms with Crippen LogP contribution >= 0.6 is 34.8 Å². The average Bonchev–Trinajstić information content (AvgIpc) is 3.04. The normalized spacial score (nSPS) is 15.6. The quantitative estimate of drug-likeness (QED) is 0.453. The number of hydrogen-bond acceptors (Lipinski definition) is 1. The van der Waals surface area contributed by atoms with E-state index in [2.05, 4.69) is 36.8 Å². The lowest BCUT2D eigenvalue weighted by molar-refractivity contribution is 0.264. The van der Waals surface area contributed by atoms with Gasteiger partial charge in [-0.1, -0.05) is 83.3 Å². The Morgan fingerprint density at radius 2 is 1.65 bits per heavy atom. The summed E-state index contributed by atoms with van der Waals surface area (Å²) < 4.78 is 6.25. The summed E-state index contributed by atoms with van der Waals surface area (Å²) in [5, 5.41) is 1.57. The molecule has 1 radical (unpaired) electrons. The Bertz CT molecular complexity index is 914. The van der Waals surface area contributed by atoms with Crippen LogP contribution in [0.4, 0.5) is 0 Å². The zero-order valence-electron chi connectivity index (χ0n) is 13.9. The van der Waals surface area contributed by atoms with E-state index >= 15 is 0 Å². The number of hydrogen-bond donors (Lipinski definition) is 0. The first-order valence-electron chi connectivity index (χ1n) is 8.42. The van der Waals surface area contributed by atoms with Crippen LogP contribution in [0.25, 0.3) is 11.1 Å². The topological polar surface area (TPSA) is 9.23 Å². The molecule has 0 amide bonds. The Balaban J connectivity index is 1.59. The molecule has 0 spiro atoms. The highest BCUT2D eigenvalue weighted by Gasteiger charge is 2.27. The van der Waals surface area contributed by atoms with Gasteiger partial charge in [0.15, 0.2) is 0 Å². The smallest absolute Gasteiger partial charge is 0.131 e. The van der Waals surface area contributed by atoms with E-state index in [-0.39, 0.29) is 6.10 Å². The van der Waals surface area contributed by atoms with Gasteiger partial charge in [0.2, 0.25) is 0 Å². The van der Waals surface area contributed by atoms with Crippen LogP contribution in [-0.2, 0) is 12.8 Å². The van der Waals surface area contributed by atoms with Crippen molar-refractivity contribution in [2.75, 3.05) is 0 Å². The third-order valence-electron chi connectivity index (χ3n) is 4.52. The van der Waals surface area contributed by atoms with E-state index in [0.717, 1.165) is 29.7 Å². The minimum atomic E-state index is 0.0382. The van der Waals surface area contributed by atoms with Crippen molar-refractivity contribution in [1.29, 1.82) is 0 Å². The Hall–Kier alpha value is -1.67. The van der Waals surface area contributed by atoms with Crippen molar-refractivity contribution >= 4 is 34.8 Å². The van der Waals surface area contributed by atoms with Crippen molar-refractivity contribution in [3.63, 3.8) is 0 Å². The molecule has 0 bridgehead atoms. The third kappa shape index (κ3) is 3.57. The number of fused-ring (bicyclic) bond motifs is 1. The van der Waals surface area contributed by atoms with Crippen LogP contribution < -0.4 is 4.74 Å². The van der Waals surface area contributed by atoms with Crippen LogP contribution in [0, 0.1) is 6.42 Å². The number of ether oxygens (including phenoxy) is 1. The van der Waals surface area contributed by atoms with Gasteiger partial charge in [-0.15, -0.1) is 0 Å². The van der Waals surface area contributed by atoms with E-state index in [0.29, 0.717) is 15.1 Å². The highest BCUT2D eigenvalue weighted by Crippen LogP contribution is 2.45. The predicted molar refractivity (Wildman–Crippen MR) is 109 cm³/mol. The van der Waals surface area contributed by atoms with Crippen LogP contribution in [-0.4, -0.2) is 6.10 Å². The van der Waals surface area contributed by atoms with Crippen LogP contribution in [0.2, 0.25) is 15.1 Å². The zero-order chi connectivity index (χ0) is 18.1. The van der Waals surface area contributed by atoms with Crippen LogP contribution in [0.5, 0.6) is 5.75 Å². The molecule has 1 aliphatic heterocycles. The molecule has 1 atom stereocenters. The maximum absolute atomic E-state index is 6.42. The van der Waals surface area contributed by atoms with Crippen molar-refractivity contribution in [2.45, 2.75) is 18.9 Å². The zero-order valence-corrected chi connectivity index (χ0v) is 16.2. The van der Waals surface area contributed by atoms with Gasteiger partial charge in [-0.25, -0.2) is 0 Å². The number of rotatable bonds is 4. The highest BCUT2D eigenvalue weighted by atomic mass is 35.5. The number of para-hydroxylation sites is 1. The summed E-state index contributed by atoms with van der Waals surface area (Å²) in [4.78, 5) is 0. The van der Waals surface area contributed by atoms with Gasteiger partial charge in [0, 0.05) is 29.0 Å². The maximum Gasteiger partial charge on any atom is 0.131 e. The largest absolute Gasteiger partial charge is 0.489 e. The molecule has 0 aliphatic carbocycles. The first-order chi connectivity index (χ1) is 12.6. The van der Waals surface area contributed by atoms with E-state index in [1.807, 2.05) is 18.2 Å². The molecule has 1 heterocycles. The molecule has 3 aromatic rings. The summed E-state index contributed by atoms with van der Waals surface area (Å²) >= 11 is 18.9. The fourth-order valence-electron chi connectivity index (χ4n) is 3.30. The molecule has 4 rings (SSSR count). The van der Waals surface area contributed by atoms with Gasteiger partial charge in [-0.05, 0) is 29.7 Å². The van der Waals surface area contributed by atoms with E-state index in [4.69, 9.17) is 39.5 Å². The SMILES string of the molecule is Clc1cc(Cl)c(-c2cccc3c2OC([CH]Cc2ccccc2)C3)c(Cl)c1. The second-order valence-corrected chi connectivity index (χ2v) is 7.57. The van der Waals surface area contributed by atoms with Crippen molar-refractivity contribution in [3.05, 3.63) is 93.3 Å². The molecule has 26 heavy (non-hydrogen) atoms. The van der Waals surface area contributed by atoms with Crippen molar-refractivity contribution < 1.29 is 4.74 Å². The van der Waals surface area contributed by atoms with Crippen LogP contribution in [0.15, 0.2) is 60.7 Å². The molecule has 0 saturated carbocycles. The molecule has 0 saturated heterocycles. The average molecular weight is 403 g/mol. The van der Waals surface area contributed by atoms with Crippen LogP contribution in [0.1, 0.15) is 11.1 Å². The molecular formula is C22H16Cl3O. The predicted octanol–water partition coefficient (Wildman–Crippen LogP) is 7.06. The highest BCUT2D eigenvalue weighted by molar-refractivity contribution is 6.42. The lowest BCUT2D eigenvalue weighted by atomic mass is 9.99. The van der Waals surface area contributed by atoms with Crippen molar-refractivity contribution in [3.8, 4) is 16.9 Å². The van der Waals surface area contributed by atoms with Crippen molar-refractivity contribution in [1.82, 2.24) is 0 Å². The van der Waals surface area contributed by atoms with Gasteiger partial charge in [0.25, 0.3) is 0 Å². The van der Waals surface area contributed by atoms with E-state index in [9.17, 15) is 0 Å². The lowest BCUT2D eigenvalue weighted by Gasteiger charge is -2.14. The van der Waals surface area contributed by atoms with E-state index in [1.165, 1.54) is 11.1 Å². The first-order valence-corrected chi connectivity index (χ1v) is 9.56. The second kappa shape index (κ2) is 7.52. The Morgan fingerprint density at radius 3 is 2.38 bits per heavy atom. The number of halogens is 3. The second-order valence-electron chi connectivity index (χ2n) is 6.32. The van der Waals surface area contributed by atoms with Gasteiger partial charge in [-0.2, -0.15) is 0 Å². The summed E-state index contributed by atoms with van der Waals surface area (Å²) in [5.74, 6) is 0.855. The lowest BCUT2D eigenvalue weighted by Crippen LogP contribution is -2.14. The molecule has 0 N–H and O–H groups in total. The first kappa shape index (κ1) is 17.7. The van der Waals surface area contributed by atoms with Gasteiger partial charge in [-0.3, -0.25) is 0 Å². The molecule has 131 valence electrons. The number of benzene rings is 3. The van der Waals surface area contributed by atoms with Gasteiger partial charge < -0.3 is 4.74 Å². The Labute approximate surface area is 168 Å². The molecule has 0 fully saturated rings. The molecule has 1 nitrogen and oxygen atoms in total. The molecular weight excluding hydrogens is 387 g/mol. The third-order valence-corrected chi connectivity index (χ3v) is 5.34. The van der Waals surface area contributed by atoms with Gasteiger partial charge in [0.1, 0.15) is 11.9 Å². The fourth-order valence-corrected chi connectivity index (χ4v) is 4.32. The van der Waals surface area contributed by atoms with E-state index < -0.39 is 0 Å². The molecule has 3 aromatic carbocycles.